The molecule has 0 saturated carbocycles. The van der Waals surface area contributed by atoms with Gasteiger partial charge in [-0.15, -0.1) is 0 Å². The number of anilines is 1. The molecule has 19 heavy (non-hydrogen) atoms. The van der Waals surface area contributed by atoms with Crippen LogP contribution in [0.2, 0.25) is 0 Å². The summed E-state index contributed by atoms with van der Waals surface area (Å²) < 4.78 is 0. The molecule has 0 saturated heterocycles. The van der Waals surface area contributed by atoms with E-state index in [1.165, 1.54) is 5.56 Å². The lowest BCUT2D eigenvalue weighted by Crippen LogP contribution is -2.43. The minimum absolute atomic E-state index is 0.0302. The second-order valence-electron chi connectivity index (χ2n) is 4.41. The molecule has 0 bridgehead atoms. The fourth-order valence-corrected chi connectivity index (χ4v) is 2.40. The van der Waals surface area contributed by atoms with Gasteiger partial charge in [0.1, 0.15) is 11.2 Å². The molecule has 1 aliphatic rings. The maximum Gasteiger partial charge on any atom is 0.117 e. The maximum absolute atomic E-state index is 5.38. The predicted octanol–water partition coefficient (Wildman–Crippen LogP) is 3.42. The molecule has 0 aliphatic carbocycles. The lowest BCUT2D eigenvalue weighted by atomic mass is 10.1. The highest BCUT2D eigenvalue weighted by atomic mass is 32.1. The van der Waals surface area contributed by atoms with Crippen molar-refractivity contribution < 1.29 is 0 Å². The van der Waals surface area contributed by atoms with Crippen LogP contribution in [0.1, 0.15) is 11.1 Å². The van der Waals surface area contributed by atoms with Crippen molar-refractivity contribution in [3.8, 4) is 0 Å². The molecule has 2 N–H and O–H groups in total. The highest BCUT2D eigenvalue weighted by Crippen LogP contribution is 2.20. The molecule has 1 atom stereocenters. The Morgan fingerprint density at radius 2 is 1.63 bits per heavy atom. The molecule has 94 valence electrons. The Bertz CT molecular complexity index is 620. The third kappa shape index (κ3) is 2.66. The second-order valence-corrected chi connectivity index (χ2v) is 4.82. The lowest BCUT2D eigenvalue weighted by Gasteiger charge is -2.27. The molecular formula is C16H14N2S. The maximum atomic E-state index is 5.38. The third-order valence-electron chi connectivity index (χ3n) is 3.05. The van der Waals surface area contributed by atoms with Crippen molar-refractivity contribution in [2.24, 2.45) is 0 Å². The summed E-state index contributed by atoms with van der Waals surface area (Å²) in [7, 11) is 0. The summed E-state index contributed by atoms with van der Waals surface area (Å²) in [5.41, 5.74) is 3.31. The average Bonchev–Trinajstić information content (AvgIpc) is 2.46. The molecule has 1 aliphatic heterocycles. The van der Waals surface area contributed by atoms with Crippen LogP contribution < -0.4 is 10.6 Å². The molecule has 0 fully saturated rings. The molecular weight excluding hydrogens is 252 g/mol. The molecule has 2 aromatic carbocycles. The van der Waals surface area contributed by atoms with Gasteiger partial charge in [0.2, 0.25) is 0 Å². The summed E-state index contributed by atoms with van der Waals surface area (Å²) in [5, 5.41) is 6.69. The van der Waals surface area contributed by atoms with Crippen LogP contribution in [0, 0.1) is 0 Å². The molecule has 1 unspecified atom stereocenters. The number of nitrogens with one attached hydrogen (secondary N) is 2. The van der Waals surface area contributed by atoms with Gasteiger partial charge in [-0.05, 0) is 23.8 Å². The SMILES string of the molecule is S=C1NC(/C=C/c2ccccc2)Nc2ccccc21. The molecule has 0 amide bonds. The zero-order valence-corrected chi connectivity index (χ0v) is 11.2. The summed E-state index contributed by atoms with van der Waals surface area (Å²) in [6.07, 6.45) is 4.20. The first kappa shape index (κ1) is 11.9. The van der Waals surface area contributed by atoms with Gasteiger partial charge in [-0.3, -0.25) is 0 Å². The topological polar surface area (TPSA) is 24.1 Å². The van der Waals surface area contributed by atoms with E-state index in [0.29, 0.717) is 0 Å². The van der Waals surface area contributed by atoms with Gasteiger partial charge in [-0.25, -0.2) is 0 Å². The van der Waals surface area contributed by atoms with Gasteiger partial charge in [0.15, 0.2) is 0 Å². The van der Waals surface area contributed by atoms with Crippen molar-refractivity contribution >= 4 is 29.0 Å². The van der Waals surface area contributed by atoms with Crippen LogP contribution in [-0.4, -0.2) is 11.2 Å². The van der Waals surface area contributed by atoms with Gasteiger partial charge >= 0.3 is 0 Å². The molecule has 0 spiro atoms. The molecule has 0 aromatic heterocycles. The van der Waals surface area contributed by atoms with E-state index in [2.05, 4.69) is 34.9 Å². The van der Waals surface area contributed by atoms with E-state index >= 15 is 0 Å². The van der Waals surface area contributed by atoms with Crippen molar-refractivity contribution in [1.82, 2.24) is 5.32 Å². The highest BCUT2D eigenvalue weighted by Gasteiger charge is 2.17. The summed E-state index contributed by atoms with van der Waals surface area (Å²) >= 11 is 5.38. The lowest BCUT2D eigenvalue weighted by molar-refractivity contribution is 0.819. The van der Waals surface area contributed by atoms with Crippen LogP contribution in [-0.2, 0) is 0 Å². The number of thiocarbonyl (C=S) groups is 1. The zero-order chi connectivity index (χ0) is 13.1. The Hall–Kier alpha value is -2.13. The van der Waals surface area contributed by atoms with Crippen molar-refractivity contribution in [2.75, 3.05) is 5.32 Å². The van der Waals surface area contributed by atoms with Gasteiger partial charge < -0.3 is 10.6 Å². The monoisotopic (exact) mass is 266 g/mol. The second kappa shape index (κ2) is 5.24. The normalized spacial score (nSPS) is 17.7. The summed E-state index contributed by atoms with van der Waals surface area (Å²) in [6.45, 7) is 0. The van der Waals surface area contributed by atoms with Crippen LogP contribution in [0.15, 0.2) is 60.7 Å². The van der Waals surface area contributed by atoms with E-state index in [9.17, 15) is 0 Å². The smallest absolute Gasteiger partial charge is 0.117 e. The standard InChI is InChI=1S/C16H14N2S/c19-16-13-8-4-5-9-14(13)17-15(18-16)11-10-12-6-2-1-3-7-12/h1-11,15,17H,(H,18,19)/b11-10+. The fraction of sp³-hybridized carbons (Fsp3) is 0.0625. The van der Waals surface area contributed by atoms with E-state index in [-0.39, 0.29) is 6.17 Å². The van der Waals surface area contributed by atoms with Crippen molar-refractivity contribution in [3.05, 3.63) is 71.8 Å². The minimum atomic E-state index is 0.0302. The molecule has 1 heterocycles. The quantitative estimate of drug-likeness (QED) is 0.815. The molecule has 2 aromatic rings. The van der Waals surface area contributed by atoms with Crippen LogP contribution in [0.5, 0.6) is 0 Å². The molecule has 2 nitrogen and oxygen atoms in total. The number of para-hydroxylation sites is 1. The third-order valence-corrected chi connectivity index (χ3v) is 3.39. The number of hydrogen-bond acceptors (Lipinski definition) is 2. The van der Waals surface area contributed by atoms with Gasteiger partial charge in [-0.1, -0.05) is 60.8 Å². The number of rotatable bonds is 2. The van der Waals surface area contributed by atoms with E-state index < -0.39 is 0 Å². The van der Waals surface area contributed by atoms with Crippen LogP contribution >= 0.6 is 12.2 Å². The van der Waals surface area contributed by atoms with Crippen LogP contribution in [0.4, 0.5) is 5.69 Å². The fourth-order valence-electron chi connectivity index (χ4n) is 2.10. The predicted molar refractivity (Wildman–Crippen MR) is 84.2 cm³/mol. The molecule has 0 radical (unpaired) electrons. The summed E-state index contributed by atoms with van der Waals surface area (Å²) in [6, 6.07) is 18.3. The Morgan fingerprint density at radius 1 is 0.895 bits per heavy atom. The van der Waals surface area contributed by atoms with Crippen molar-refractivity contribution in [1.29, 1.82) is 0 Å². The van der Waals surface area contributed by atoms with Crippen LogP contribution in [0.25, 0.3) is 6.08 Å². The first-order valence-electron chi connectivity index (χ1n) is 6.22. The minimum Gasteiger partial charge on any atom is -0.362 e. The highest BCUT2D eigenvalue weighted by molar-refractivity contribution is 7.80. The van der Waals surface area contributed by atoms with Crippen molar-refractivity contribution in [3.63, 3.8) is 0 Å². The number of benzene rings is 2. The first-order valence-corrected chi connectivity index (χ1v) is 6.63. The Kier molecular flexibility index (Phi) is 3.29. The van der Waals surface area contributed by atoms with Gasteiger partial charge in [0, 0.05) is 11.3 Å². The summed E-state index contributed by atoms with van der Waals surface area (Å²) in [4.78, 5) is 0.789. The number of hydrogen-bond donors (Lipinski definition) is 2. The van der Waals surface area contributed by atoms with E-state index in [4.69, 9.17) is 12.2 Å². The van der Waals surface area contributed by atoms with Gasteiger partial charge in [-0.2, -0.15) is 0 Å². The van der Waals surface area contributed by atoms with Crippen molar-refractivity contribution in [2.45, 2.75) is 6.17 Å². The zero-order valence-electron chi connectivity index (χ0n) is 10.3. The van der Waals surface area contributed by atoms with E-state index in [1.807, 2.05) is 42.5 Å². The average molecular weight is 266 g/mol. The number of fused-ring (bicyclic) bond motifs is 1. The Labute approximate surface area is 118 Å². The first-order chi connectivity index (χ1) is 9.33. The van der Waals surface area contributed by atoms with Crippen LogP contribution in [0.3, 0.4) is 0 Å². The van der Waals surface area contributed by atoms with E-state index in [0.717, 1.165) is 16.2 Å². The van der Waals surface area contributed by atoms with Gasteiger partial charge in [0.05, 0.1) is 0 Å². The molecule has 3 heteroatoms. The Morgan fingerprint density at radius 3 is 2.47 bits per heavy atom. The summed E-state index contributed by atoms with van der Waals surface area (Å²) in [5.74, 6) is 0. The van der Waals surface area contributed by atoms with Gasteiger partial charge in [0.25, 0.3) is 0 Å². The largest absolute Gasteiger partial charge is 0.362 e. The molecule has 3 rings (SSSR count). The Balaban J connectivity index is 1.79. The van der Waals surface area contributed by atoms with E-state index in [1.54, 1.807) is 0 Å².